The number of aliphatic hydroxyl groups is 1. The summed E-state index contributed by atoms with van der Waals surface area (Å²) in [5.74, 6) is -2.36. The number of hydrogen-bond donors (Lipinski definition) is 3. The van der Waals surface area contributed by atoms with Gasteiger partial charge in [0.1, 0.15) is 31.3 Å². The summed E-state index contributed by atoms with van der Waals surface area (Å²) >= 11 is 1.27. The Labute approximate surface area is 318 Å². The third-order valence-electron chi connectivity index (χ3n) is 8.99. The largest absolute Gasteiger partial charge is 1.00 e. The van der Waals surface area contributed by atoms with Crippen molar-refractivity contribution in [1.29, 1.82) is 5.26 Å². The van der Waals surface area contributed by atoms with E-state index in [4.69, 9.17) is 15.0 Å². The zero-order valence-corrected chi connectivity index (χ0v) is 31.3. The Hall–Kier alpha value is -4.29. The maximum absolute atomic E-state index is 15.5. The molecule has 0 radical (unpaired) electrons. The smallest absolute Gasteiger partial charge is 0.411 e. The minimum absolute atomic E-state index is 0. The molecule has 0 bridgehead atoms. The molecule has 0 saturated carbocycles. The highest BCUT2D eigenvalue weighted by Gasteiger charge is 2.49. The van der Waals surface area contributed by atoms with Crippen molar-refractivity contribution >= 4 is 48.2 Å². The molecular weight excluding hydrogens is 731 g/mol. The summed E-state index contributed by atoms with van der Waals surface area (Å²) in [5.41, 5.74) is 1.12. The molecule has 15 heteroatoms. The van der Waals surface area contributed by atoms with Crippen molar-refractivity contribution in [1.82, 2.24) is 10.3 Å². The van der Waals surface area contributed by atoms with E-state index in [0.29, 0.717) is 34.5 Å². The van der Waals surface area contributed by atoms with Gasteiger partial charge in [-0.2, -0.15) is 10.3 Å². The Morgan fingerprint density at radius 2 is 1.85 bits per heavy atom. The van der Waals surface area contributed by atoms with Gasteiger partial charge >= 0.3 is 6.09 Å². The normalized spacial score (nSPS) is 16.3. The maximum Gasteiger partial charge on any atom is 0.411 e. The highest BCUT2D eigenvalue weighted by Crippen LogP contribution is 2.42. The third kappa shape index (κ3) is 9.97. The molecule has 3 N–H and O–H groups in total. The van der Waals surface area contributed by atoms with E-state index < -0.39 is 29.2 Å². The van der Waals surface area contributed by atoms with Crippen LogP contribution in [-0.2, 0) is 16.9 Å². The topological polar surface area (TPSA) is 132 Å². The summed E-state index contributed by atoms with van der Waals surface area (Å²) in [5, 5.41) is 34.7. The quantitative estimate of drug-likeness (QED) is 0.150. The predicted molar refractivity (Wildman–Crippen MR) is 198 cm³/mol. The van der Waals surface area contributed by atoms with Gasteiger partial charge in [0.25, 0.3) is 0 Å². The SMILES string of the molecule is CCC(CC)NCc1ccccc1NC(=O)OCC[N+]1(C[C@](O)(c2cc(F)ccc2F)[C@@H](C)c2nc(-c3ccc(C#N)cc3)cs2)C=NC=N1.Cl.[Cl-]. The summed E-state index contributed by atoms with van der Waals surface area (Å²) in [6.45, 7) is 6.17. The fourth-order valence-electron chi connectivity index (χ4n) is 5.90. The minimum atomic E-state index is -2.04. The Morgan fingerprint density at radius 1 is 1.12 bits per heavy atom. The molecule has 52 heavy (non-hydrogen) atoms. The van der Waals surface area contributed by atoms with Gasteiger partial charge in [-0.3, -0.25) is 5.32 Å². The number of aromatic nitrogens is 1. The third-order valence-corrected chi connectivity index (χ3v) is 10.0. The molecule has 1 aromatic heterocycles. The number of benzene rings is 3. The van der Waals surface area contributed by atoms with E-state index in [0.717, 1.165) is 42.2 Å². The highest BCUT2D eigenvalue weighted by atomic mass is 35.5. The number of para-hydroxylation sites is 1. The molecular formula is C37H41Cl2F2N7O3S. The maximum atomic E-state index is 15.5. The zero-order chi connectivity index (χ0) is 35.7. The number of carbonyl (C=O) groups is 1. The zero-order valence-electron chi connectivity index (χ0n) is 28.9. The van der Waals surface area contributed by atoms with Gasteiger partial charge in [-0.25, -0.2) is 18.6 Å². The van der Waals surface area contributed by atoms with Gasteiger partial charge in [0.2, 0.25) is 6.34 Å². The van der Waals surface area contributed by atoms with Crippen LogP contribution < -0.4 is 23.0 Å². The number of anilines is 1. The van der Waals surface area contributed by atoms with E-state index in [-0.39, 0.29) is 54.7 Å². The van der Waals surface area contributed by atoms with Crippen LogP contribution in [0.5, 0.6) is 0 Å². The fourth-order valence-corrected chi connectivity index (χ4v) is 6.88. The number of ether oxygens (including phenoxy) is 1. The van der Waals surface area contributed by atoms with Crippen LogP contribution in [0.3, 0.4) is 0 Å². The molecule has 0 saturated heterocycles. The number of amides is 1. The van der Waals surface area contributed by atoms with Gasteiger partial charge in [-0.15, -0.1) is 28.3 Å². The molecule has 0 spiro atoms. The van der Waals surface area contributed by atoms with E-state index in [2.05, 4.69) is 40.6 Å². The molecule has 3 atom stereocenters. The first-order valence-electron chi connectivity index (χ1n) is 16.4. The van der Waals surface area contributed by atoms with E-state index in [9.17, 15) is 14.3 Å². The van der Waals surface area contributed by atoms with Crippen molar-refractivity contribution in [2.24, 2.45) is 10.1 Å². The molecule has 10 nitrogen and oxygen atoms in total. The van der Waals surface area contributed by atoms with Gasteiger partial charge in [0.05, 0.1) is 22.3 Å². The molecule has 0 fully saturated rings. The monoisotopic (exact) mass is 771 g/mol. The molecule has 276 valence electrons. The number of rotatable bonds is 15. The van der Waals surface area contributed by atoms with Crippen molar-refractivity contribution in [3.63, 3.8) is 0 Å². The van der Waals surface area contributed by atoms with Gasteiger partial charge < -0.3 is 27.6 Å². The van der Waals surface area contributed by atoms with Gasteiger partial charge in [-0.1, -0.05) is 56.2 Å². The lowest BCUT2D eigenvalue weighted by Gasteiger charge is -2.38. The second-order valence-electron chi connectivity index (χ2n) is 12.2. The first-order chi connectivity index (χ1) is 24.1. The van der Waals surface area contributed by atoms with Crippen LogP contribution in [0.4, 0.5) is 19.3 Å². The van der Waals surface area contributed by atoms with Crippen molar-refractivity contribution in [3.8, 4) is 17.3 Å². The number of carbonyl (C=O) groups excluding carboxylic acids is 1. The average Bonchev–Trinajstić information content (AvgIpc) is 3.81. The Morgan fingerprint density at radius 3 is 2.52 bits per heavy atom. The van der Waals surface area contributed by atoms with Crippen molar-refractivity contribution in [3.05, 3.63) is 105 Å². The summed E-state index contributed by atoms with van der Waals surface area (Å²) in [4.78, 5) is 21.8. The number of nitriles is 1. The Bertz CT molecular complexity index is 1890. The number of nitrogens with zero attached hydrogens (tertiary/aromatic N) is 5. The number of halogens is 4. The molecule has 5 rings (SSSR count). The van der Waals surface area contributed by atoms with Crippen molar-refractivity contribution in [2.45, 2.75) is 57.7 Å². The van der Waals surface area contributed by atoms with Crippen LogP contribution in [0.2, 0.25) is 0 Å². The number of quaternary nitrogens is 1. The second-order valence-corrected chi connectivity index (χ2v) is 13.1. The van der Waals surface area contributed by atoms with E-state index in [1.165, 1.54) is 24.0 Å². The van der Waals surface area contributed by atoms with E-state index in [1.54, 1.807) is 37.3 Å². The molecule has 1 aliphatic rings. The number of aliphatic imine (C=N–C) groups is 1. The highest BCUT2D eigenvalue weighted by molar-refractivity contribution is 7.10. The van der Waals surface area contributed by atoms with Crippen LogP contribution in [0, 0.1) is 23.0 Å². The van der Waals surface area contributed by atoms with Gasteiger partial charge in [0, 0.05) is 40.7 Å². The second kappa shape index (κ2) is 19.0. The van der Waals surface area contributed by atoms with Crippen LogP contribution in [0.1, 0.15) is 61.2 Å². The molecule has 1 aliphatic heterocycles. The molecule has 0 aliphatic carbocycles. The first kappa shape index (κ1) is 42.1. The minimum Gasteiger partial charge on any atom is -1.00 e. The first-order valence-corrected chi connectivity index (χ1v) is 17.3. The Kier molecular flexibility index (Phi) is 15.4. The molecule has 3 aromatic carbocycles. The summed E-state index contributed by atoms with van der Waals surface area (Å²) in [6, 6.07) is 19.8. The summed E-state index contributed by atoms with van der Waals surface area (Å²) in [6.07, 6.45) is 4.09. The molecule has 1 unspecified atom stereocenters. The van der Waals surface area contributed by atoms with Crippen LogP contribution in [-0.4, -0.2) is 59.2 Å². The van der Waals surface area contributed by atoms with Crippen molar-refractivity contribution in [2.75, 3.05) is 25.0 Å². The van der Waals surface area contributed by atoms with Crippen LogP contribution in [0.25, 0.3) is 11.3 Å². The number of thiazole rings is 1. The summed E-state index contributed by atoms with van der Waals surface area (Å²) < 4.78 is 35.3. The molecule has 4 aromatic rings. The average molecular weight is 773 g/mol. The fraction of sp³-hybridized carbons (Fsp3) is 0.324. The Balaban J connectivity index is 0.00000364. The van der Waals surface area contributed by atoms with Gasteiger partial charge in [-0.05, 0) is 54.8 Å². The predicted octanol–water partition coefficient (Wildman–Crippen LogP) is 4.71. The molecule has 1 amide bonds. The lowest BCUT2D eigenvalue weighted by molar-refractivity contribution is -0.848. The number of hydrogen-bond acceptors (Lipinski definition) is 9. The van der Waals surface area contributed by atoms with E-state index >= 15 is 4.39 Å². The van der Waals surface area contributed by atoms with Crippen LogP contribution in [0.15, 0.2) is 82.2 Å². The van der Waals surface area contributed by atoms with E-state index in [1.807, 2.05) is 23.6 Å². The van der Waals surface area contributed by atoms with Gasteiger partial charge in [0.15, 0.2) is 11.9 Å². The summed E-state index contributed by atoms with van der Waals surface area (Å²) in [7, 11) is 0. The standard InChI is InChI=1S/C37H39F2N7O3S.2ClH/c1-4-30(5-2)42-20-28-8-6-7-9-33(28)45-36(47)49-17-16-46(24-41-23-43-46)22-37(48,31-18-29(38)14-15-32(31)39)25(3)35-44-34(21-50-35)27-12-10-26(19-40)11-13-27;;/h6-15,18,21,23-25,30,42,48H,4-5,16-17,20,22H2,1-3H3;2*1H/t25-,37+,46?;;/m0../s1. The lowest BCUT2D eigenvalue weighted by Crippen LogP contribution is -3.00. The molecule has 2 heterocycles. The van der Waals surface area contributed by atoms with Crippen LogP contribution >= 0.6 is 23.7 Å². The number of nitrogens with one attached hydrogen (secondary N) is 2. The van der Waals surface area contributed by atoms with Crippen molar-refractivity contribution < 1.29 is 40.4 Å². The lowest BCUT2D eigenvalue weighted by atomic mass is 9.81.